The average molecular weight is 340 g/mol. The van der Waals surface area contributed by atoms with E-state index in [-0.39, 0.29) is 9.20 Å². The summed E-state index contributed by atoms with van der Waals surface area (Å²) in [6, 6.07) is 8.83. The molecule has 1 heterocycles. The lowest BCUT2D eigenvalue weighted by atomic mass is 10.1. The monoisotopic (exact) mass is 340 g/mol. The molecule has 0 radical (unpaired) electrons. The van der Waals surface area contributed by atoms with E-state index < -0.39 is 10.0 Å². The van der Waals surface area contributed by atoms with Crippen LogP contribution < -0.4 is 10.0 Å². The number of sulfonamides is 1. The average Bonchev–Trinajstić information content (AvgIpc) is 2.88. The van der Waals surface area contributed by atoms with Gasteiger partial charge in [0.15, 0.2) is 0 Å². The standard InChI is InChI=1S/C14H16N2O2S3/c1-9-4-5-11(10(2)8-9)16(3)21(17,18)13-7-6-12(20-13)14(15)19/h4-8H,1-3H3,(H2,15,19). The second-order valence-corrected chi connectivity index (χ2v) is 8.47. The zero-order valence-corrected chi connectivity index (χ0v) is 14.4. The third kappa shape index (κ3) is 3.09. The van der Waals surface area contributed by atoms with E-state index in [0.29, 0.717) is 10.6 Å². The van der Waals surface area contributed by atoms with Crippen LogP contribution in [-0.2, 0) is 10.0 Å². The lowest BCUT2D eigenvalue weighted by Gasteiger charge is -2.20. The molecule has 0 bridgehead atoms. The largest absolute Gasteiger partial charge is 0.389 e. The molecule has 4 nitrogen and oxygen atoms in total. The first-order chi connectivity index (χ1) is 9.73. The van der Waals surface area contributed by atoms with Gasteiger partial charge < -0.3 is 5.73 Å². The molecule has 0 aliphatic rings. The van der Waals surface area contributed by atoms with Crippen molar-refractivity contribution in [2.45, 2.75) is 18.1 Å². The van der Waals surface area contributed by atoms with Gasteiger partial charge in [-0.2, -0.15) is 0 Å². The van der Waals surface area contributed by atoms with Crippen LogP contribution in [0.3, 0.4) is 0 Å². The van der Waals surface area contributed by atoms with E-state index in [4.69, 9.17) is 18.0 Å². The van der Waals surface area contributed by atoms with Crippen LogP contribution in [-0.4, -0.2) is 20.5 Å². The number of nitrogens with two attached hydrogens (primary N) is 1. The Morgan fingerprint density at radius 3 is 2.43 bits per heavy atom. The number of hydrogen-bond donors (Lipinski definition) is 1. The first-order valence-electron chi connectivity index (χ1n) is 6.19. The third-order valence-corrected chi connectivity index (χ3v) is 6.84. The highest BCUT2D eigenvalue weighted by atomic mass is 32.2. The first kappa shape index (κ1) is 15.9. The summed E-state index contributed by atoms with van der Waals surface area (Å²) in [5.74, 6) is 0. The molecular weight excluding hydrogens is 324 g/mol. The maximum atomic E-state index is 12.7. The molecule has 0 spiro atoms. The molecule has 1 aromatic carbocycles. The van der Waals surface area contributed by atoms with E-state index in [9.17, 15) is 8.42 Å². The van der Waals surface area contributed by atoms with Crippen LogP contribution in [0, 0.1) is 13.8 Å². The Labute approximate surface area is 134 Å². The molecule has 7 heteroatoms. The van der Waals surface area contributed by atoms with Gasteiger partial charge in [0.05, 0.1) is 10.6 Å². The molecule has 112 valence electrons. The van der Waals surface area contributed by atoms with Crippen LogP contribution in [0.5, 0.6) is 0 Å². The molecule has 0 saturated carbocycles. The van der Waals surface area contributed by atoms with Crippen LogP contribution in [0.1, 0.15) is 16.0 Å². The molecule has 0 saturated heterocycles. The maximum Gasteiger partial charge on any atom is 0.273 e. The van der Waals surface area contributed by atoms with E-state index in [1.165, 1.54) is 10.4 Å². The fourth-order valence-corrected chi connectivity index (χ4v) is 4.80. The second-order valence-electron chi connectivity index (χ2n) is 4.75. The molecule has 0 aliphatic heterocycles. The highest BCUT2D eigenvalue weighted by Crippen LogP contribution is 2.29. The van der Waals surface area contributed by atoms with Crippen molar-refractivity contribution in [2.75, 3.05) is 11.4 Å². The summed E-state index contributed by atoms with van der Waals surface area (Å²) < 4.78 is 26.8. The fourth-order valence-electron chi connectivity index (χ4n) is 2.01. The summed E-state index contributed by atoms with van der Waals surface area (Å²) in [6.45, 7) is 3.86. The van der Waals surface area contributed by atoms with E-state index in [2.05, 4.69) is 0 Å². The van der Waals surface area contributed by atoms with Crippen molar-refractivity contribution in [3.8, 4) is 0 Å². The van der Waals surface area contributed by atoms with Crippen molar-refractivity contribution in [2.24, 2.45) is 5.73 Å². The van der Waals surface area contributed by atoms with E-state index in [0.717, 1.165) is 22.5 Å². The van der Waals surface area contributed by atoms with Crippen molar-refractivity contribution in [1.82, 2.24) is 0 Å². The zero-order valence-electron chi connectivity index (χ0n) is 12.0. The van der Waals surface area contributed by atoms with E-state index in [1.54, 1.807) is 13.1 Å². The highest BCUT2D eigenvalue weighted by Gasteiger charge is 2.24. The number of anilines is 1. The normalized spacial score (nSPS) is 11.4. The maximum absolute atomic E-state index is 12.7. The quantitative estimate of drug-likeness (QED) is 0.869. The Kier molecular flexibility index (Phi) is 4.36. The SMILES string of the molecule is Cc1ccc(N(C)S(=O)(=O)c2ccc(C(N)=S)s2)c(C)c1. The summed E-state index contributed by atoms with van der Waals surface area (Å²) in [5, 5.41) is 0. The Morgan fingerprint density at radius 1 is 1.24 bits per heavy atom. The topological polar surface area (TPSA) is 63.4 Å². The number of benzene rings is 1. The third-order valence-electron chi connectivity index (χ3n) is 3.13. The Balaban J connectivity index is 2.44. The molecule has 1 aromatic heterocycles. The summed E-state index contributed by atoms with van der Waals surface area (Å²) >= 11 is 5.96. The Morgan fingerprint density at radius 2 is 1.90 bits per heavy atom. The van der Waals surface area contributed by atoms with Gasteiger partial charge >= 0.3 is 0 Å². The van der Waals surface area contributed by atoms with Crippen molar-refractivity contribution >= 4 is 44.3 Å². The Bertz CT molecular complexity index is 794. The molecule has 0 amide bonds. The van der Waals surface area contributed by atoms with Crippen molar-refractivity contribution in [3.63, 3.8) is 0 Å². The lowest BCUT2D eigenvalue weighted by Crippen LogP contribution is -2.26. The van der Waals surface area contributed by atoms with Crippen LogP contribution in [0.4, 0.5) is 5.69 Å². The van der Waals surface area contributed by atoms with Gasteiger partial charge in [-0.3, -0.25) is 4.31 Å². The zero-order chi connectivity index (χ0) is 15.8. The van der Waals surface area contributed by atoms with Crippen LogP contribution in [0.15, 0.2) is 34.5 Å². The van der Waals surface area contributed by atoms with Gasteiger partial charge in [0.25, 0.3) is 10.0 Å². The van der Waals surface area contributed by atoms with Gasteiger partial charge in [0.2, 0.25) is 0 Å². The van der Waals surface area contributed by atoms with E-state index >= 15 is 0 Å². The Hall–Kier alpha value is -1.44. The fraction of sp³-hybridized carbons (Fsp3) is 0.214. The van der Waals surface area contributed by atoms with Gasteiger partial charge in [-0.1, -0.05) is 29.9 Å². The predicted molar refractivity (Wildman–Crippen MR) is 91.7 cm³/mol. The summed E-state index contributed by atoms with van der Waals surface area (Å²) in [4.78, 5) is 0.799. The van der Waals surface area contributed by atoms with Gasteiger partial charge in [0.1, 0.15) is 9.20 Å². The molecule has 0 fully saturated rings. The van der Waals surface area contributed by atoms with Crippen molar-refractivity contribution in [3.05, 3.63) is 46.3 Å². The van der Waals surface area contributed by atoms with Gasteiger partial charge in [0, 0.05) is 7.05 Å². The van der Waals surface area contributed by atoms with Crippen molar-refractivity contribution in [1.29, 1.82) is 0 Å². The minimum Gasteiger partial charge on any atom is -0.389 e. The number of thiocarbonyl (C=S) groups is 1. The molecule has 2 rings (SSSR count). The molecule has 0 aliphatic carbocycles. The minimum absolute atomic E-state index is 0.204. The summed E-state index contributed by atoms with van der Waals surface area (Å²) in [6.07, 6.45) is 0. The van der Waals surface area contributed by atoms with Crippen molar-refractivity contribution < 1.29 is 8.42 Å². The van der Waals surface area contributed by atoms with Gasteiger partial charge in [-0.05, 0) is 37.6 Å². The summed E-state index contributed by atoms with van der Waals surface area (Å²) in [7, 11) is -2.05. The second kappa shape index (κ2) is 5.75. The minimum atomic E-state index is -3.60. The van der Waals surface area contributed by atoms with E-state index in [1.807, 2.05) is 32.0 Å². The number of thiophene rings is 1. The molecule has 2 N–H and O–H groups in total. The molecule has 21 heavy (non-hydrogen) atoms. The number of nitrogens with zero attached hydrogens (tertiary/aromatic N) is 1. The molecule has 0 atom stereocenters. The number of aryl methyl sites for hydroxylation is 2. The molecular formula is C14H16N2O2S3. The molecule has 2 aromatic rings. The first-order valence-corrected chi connectivity index (χ1v) is 8.86. The lowest BCUT2D eigenvalue weighted by molar-refractivity contribution is 0.596. The smallest absolute Gasteiger partial charge is 0.273 e. The number of rotatable bonds is 4. The van der Waals surface area contributed by atoms with Crippen LogP contribution in [0.25, 0.3) is 0 Å². The van der Waals surface area contributed by atoms with Crippen LogP contribution in [0.2, 0.25) is 0 Å². The van der Waals surface area contributed by atoms with Crippen LogP contribution >= 0.6 is 23.6 Å². The molecule has 0 unspecified atom stereocenters. The predicted octanol–water partition coefficient (Wildman–Crippen LogP) is 2.82. The van der Waals surface area contributed by atoms with Gasteiger partial charge in [-0.15, -0.1) is 11.3 Å². The highest BCUT2D eigenvalue weighted by molar-refractivity contribution is 7.94. The summed E-state index contributed by atoms with van der Waals surface area (Å²) in [5.41, 5.74) is 8.19. The number of hydrogen-bond acceptors (Lipinski definition) is 4. The van der Waals surface area contributed by atoms with Gasteiger partial charge in [-0.25, -0.2) is 8.42 Å².